The predicted octanol–water partition coefficient (Wildman–Crippen LogP) is 2.46. The third-order valence-electron chi connectivity index (χ3n) is 2.63. The maximum absolute atomic E-state index is 13.4. The zero-order valence-electron chi connectivity index (χ0n) is 8.13. The van der Waals surface area contributed by atoms with Crippen molar-refractivity contribution in [3.63, 3.8) is 0 Å². The van der Waals surface area contributed by atoms with Crippen LogP contribution in [0.25, 0.3) is 0 Å². The number of hydrogen-bond donors (Lipinski definition) is 0. The van der Waals surface area contributed by atoms with Crippen molar-refractivity contribution < 1.29 is 13.9 Å². The van der Waals surface area contributed by atoms with Gasteiger partial charge in [0.15, 0.2) is 0 Å². The van der Waals surface area contributed by atoms with E-state index in [0.29, 0.717) is 18.4 Å². The largest absolute Gasteiger partial charge is 0.469 e. The minimum absolute atomic E-state index is 0.118. The molecule has 0 heterocycles. The third kappa shape index (κ3) is 2.47. The molecule has 0 amide bonds. The average molecular weight is 221 g/mol. The zero-order valence-corrected chi connectivity index (χ0v) is 8.89. The van der Waals surface area contributed by atoms with Gasteiger partial charge in [-0.3, -0.25) is 4.79 Å². The molecule has 0 aromatic carbocycles. The highest BCUT2D eigenvalue weighted by Gasteiger charge is 2.33. The molecule has 3 atom stereocenters. The smallest absolute Gasteiger partial charge is 0.306 e. The van der Waals surface area contributed by atoms with Crippen molar-refractivity contribution in [3.05, 3.63) is 12.2 Å². The van der Waals surface area contributed by atoms with Crippen LogP contribution in [0, 0.1) is 5.92 Å². The van der Waals surface area contributed by atoms with Crippen LogP contribution in [0.4, 0.5) is 4.39 Å². The highest BCUT2D eigenvalue weighted by atomic mass is 35.5. The minimum atomic E-state index is -1.19. The van der Waals surface area contributed by atoms with Gasteiger partial charge in [-0.1, -0.05) is 6.58 Å². The number of rotatable bonds is 2. The molecule has 0 N–H and O–H groups in total. The van der Waals surface area contributed by atoms with E-state index in [1.807, 2.05) is 0 Å². The fraction of sp³-hybridized carbons (Fsp3) is 0.700. The molecule has 0 aromatic rings. The molecule has 1 rings (SSSR count). The molecule has 80 valence electrons. The van der Waals surface area contributed by atoms with Gasteiger partial charge >= 0.3 is 5.97 Å². The van der Waals surface area contributed by atoms with E-state index in [2.05, 4.69) is 11.3 Å². The first-order valence-corrected chi connectivity index (χ1v) is 5.03. The Kier molecular flexibility index (Phi) is 3.93. The molecule has 3 unspecified atom stereocenters. The topological polar surface area (TPSA) is 26.3 Å². The highest BCUT2D eigenvalue weighted by Crippen LogP contribution is 2.35. The fourth-order valence-electron chi connectivity index (χ4n) is 1.67. The summed E-state index contributed by atoms with van der Waals surface area (Å²) in [5.74, 6) is -0.441. The zero-order chi connectivity index (χ0) is 10.7. The van der Waals surface area contributed by atoms with Gasteiger partial charge in [-0.25, -0.2) is 4.39 Å². The van der Waals surface area contributed by atoms with Crippen molar-refractivity contribution in [1.82, 2.24) is 0 Å². The number of carbonyl (C=O) groups is 1. The number of methoxy groups -OCH3 is 1. The quantitative estimate of drug-likeness (QED) is 0.406. The Balaban J connectivity index is 2.55. The van der Waals surface area contributed by atoms with Crippen LogP contribution in [0.2, 0.25) is 0 Å². The maximum Gasteiger partial charge on any atom is 0.306 e. The second-order valence-corrected chi connectivity index (χ2v) is 4.11. The summed E-state index contributed by atoms with van der Waals surface area (Å²) in [5, 5.41) is -0.489. The summed E-state index contributed by atoms with van der Waals surface area (Å²) in [5.41, 5.74) is 0.432. The molecule has 2 nitrogen and oxygen atoms in total. The van der Waals surface area contributed by atoms with E-state index in [0.717, 1.165) is 0 Å². The molecule has 1 aliphatic carbocycles. The predicted molar refractivity (Wildman–Crippen MR) is 53.0 cm³/mol. The molecule has 14 heavy (non-hydrogen) atoms. The Morgan fingerprint density at radius 3 is 2.93 bits per heavy atom. The number of esters is 1. The summed E-state index contributed by atoms with van der Waals surface area (Å²) in [4.78, 5) is 11.0. The molecule has 1 fully saturated rings. The summed E-state index contributed by atoms with van der Waals surface area (Å²) in [6.07, 6.45) is 0.311. The van der Waals surface area contributed by atoms with Crippen molar-refractivity contribution in [3.8, 4) is 0 Å². The van der Waals surface area contributed by atoms with Crippen LogP contribution in [0.5, 0.6) is 0 Å². The minimum Gasteiger partial charge on any atom is -0.469 e. The fourth-order valence-corrected chi connectivity index (χ4v) is 1.96. The number of carbonyl (C=O) groups excluding carboxylic acids is 1. The van der Waals surface area contributed by atoms with E-state index < -0.39 is 11.5 Å². The average Bonchev–Trinajstić information content (AvgIpc) is 2.19. The van der Waals surface area contributed by atoms with Gasteiger partial charge in [-0.05, 0) is 24.3 Å². The third-order valence-corrected chi connectivity index (χ3v) is 3.07. The number of allylic oxidation sites excluding steroid dienone is 1. The van der Waals surface area contributed by atoms with Gasteiger partial charge in [0.2, 0.25) is 0 Å². The van der Waals surface area contributed by atoms with Crippen LogP contribution in [-0.4, -0.2) is 24.6 Å². The van der Waals surface area contributed by atoms with Crippen molar-refractivity contribution in [1.29, 1.82) is 0 Å². The van der Waals surface area contributed by atoms with Gasteiger partial charge in [0, 0.05) is 0 Å². The van der Waals surface area contributed by atoms with Crippen LogP contribution >= 0.6 is 11.6 Å². The summed E-state index contributed by atoms with van der Waals surface area (Å²) >= 11 is 5.75. The molecule has 0 spiro atoms. The van der Waals surface area contributed by atoms with Gasteiger partial charge in [0.05, 0.1) is 18.9 Å². The first-order chi connectivity index (χ1) is 6.56. The van der Waals surface area contributed by atoms with Gasteiger partial charge in [0.25, 0.3) is 0 Å². The van der Waals surface area contributed by atoms with E-state index in [4.69, 9.17) is 11.6 Å². The standard InChI is InChI=1S/C10H14ClFO2/c1-6-7(5-9(13)14-2)3-4-8(11)10(6)12/h7-8,10H,1,3-5H2,2H3. The molecule has 4 heteroatoms. The number of hydrogen-bond acceptors (Lipinski definition) is 2. The molecule has 0 saturated heterocycles. The van der Waals surface area contributed by atoms with E-state index >= 15 is 0 Å². The molecule has 0 aliphatic heterocycles. The molecular formula is C10H14ClFO2. The number of ether oxygens (including phenoxy) is 1. The lowest BCUT2D eigenvalue weighted by Gasteiger charge is -2.30. The Morgan fingerprint density at radius 2 is 2.36 bits per heavy atom. The van der Waals surface area contributed by atoms with Crippen molar-refractivity contribution in [2.45, 2.75) is 30.8 Å². The molecular weight excluding hydrogens is 207 g/mol. The van der Waals surface area contributed by atoms with Gasteiger partial charge in [0.1, 0.15) is 6.17 Å². The summed E-state index contributed by atoms with van der Waals surface area (Å²) < 4.78 is 17.9. The van der Waals surface area contributed by atoms with Gasteiger partial charge < -0.3 is 4.74 Å². The van der Waals surface area contributed by atoms with E-state index in [1.54, 1.807) is 0 Å². The van der Waals surface area contributed by atoms with E-state index in [-0.39, 0.29) is 18.3 Å². The Labute approximate surface area is 88.1 Å². The van der Waals surface area contributed by atoms with Crippen LogP contribution in [0.1, 0.15) is 19.3 Å². The van der Waals surface area contributed by atoms with Crippen LogP contribution < -0.4 is 0 Å². The lowest BCUT2D eigenvalue weighted by atomic mass is 9.82. The van der Waals surface area contributed by atoms with E-state index in [9.17, 15) is 9.18 Å². The first-order valence-electron chi connectivity index (χ1n) is 4.60. The lowest BCUT2D eigenvalue weighted by molar-refractivity contribution is -0.141. The molecule has 0 radical (unpaired) electrons. The van der Waals surface area contributed by atoms with Crippen molar-refractivity contribution >= 4 is 17.6 Å². The number of halogens is 2. The SMILES string of the molecule is C=C1C(CC(=O)OC)CCC(Cl)C1F. The first kappa shape index (κ1) is 11.5. The summed E-state index contributed by atoms with van der Waals surface area (Å²) in [7, 11) is 1.32. The van der Waals surface area contributed by atoms with Crippen molar-refractivity contribution in [2.75, 3.05) is 7.11 Å². The highest BCUT2D eigenvalue weighted by molar-refractivity contribution is 6.21. The normalized spacial score (nSPS) is 32.8. The Bertz CT molecular complexity index is 242. The second kappa shape index (κ2) is 4.78. The lowest BCUT2D eigenvalue weighted by Crippen LogP contribution is -2.30. The molecule has 1 saturated carbocycles. The summed E-state index contributed by atoms with van der Waals surface area (Å²) in [6.45, 7) is 3.65. The van der Waals surface area contributed by atoms with Gasteiger partial charge in [-0.15, -0.1) is 11.6 Å². The second-order valence-electron chi connectivity index (χ2n) is 3.55. The van der Waals surface area contributed by atoms with Crippen LogP contribution in [0.15, 0.2) is 12.2 Å². The summed E-state index contributed by atoms with van der Waals surface area (Å²) in [6, 6.07) is 0. The Morgan fingerprint density at radius 1 is 1.71 bits per heavy atom. The Hall–Kier alpha value is -0.570. The maximum atomic E-state index is 13.4. The molecule has 0 bridgehead atoms. The molecule has 1 aliphatic rings. The van der Waals surface area contributed by atoms with Crippen LogP contribution in [0.3, 0.4) is 0 Å². The molecule has 0 aromatic heterocycles. The van der Waals surface area contributed by atoms with E-state index in [1.165, 1.54) is 7.11 Å². The number of alkyl halides is 2. The van der Waals surface area contributed by atoms with Gasteiger partial charge in [-0.2, -0.15) is 0 Å². The van der Waals surface area contributed by atoms with Crippen molar-refractivity contribution in [2.24, 2.45) is 5.92 Å². The van der Waals surface area contributed by atoms with Crippen LogP contribution in [-0.2, 0) is 9.53 Å². The monoisotopic (exact) mass is 220 g/mol.